The van der Waals surface area contributed by atoms with Gasteiger partial charge in [0.05, 0.1) is 5.75 Å². The molecule has 0 bridgehead atoms. The third-order valence-electron chi connectivity index (χ3n) is 2.93. The summed E-state index contributed by atoms with van der Waals surface area (Å²) in [5, 5.41) is 3.19. The number of rotatable bonds is 8. The molecule has 0 amide bonds. The second-order valence-corrected chi connectivity index (χ2v) is 7.36. The zero-order chi connectivity index (χ0) is 15.2. The van der Waals surface area contributed by atoms with Gasteiger partial charge in [0.2, 0.25) is 10.0 Å². The molecule has 0 saturated carbocycles. The third-order valence-corrected chi connectivity index (χ3v) is 4.81. The van der Waals surface area contributed by atoms with Crippen molar-refractivity contribution in [3.05, 3.63) is 35.6 Å². The lowest BCUT2D eigenvalue weighted by atomic mass is 10.2. The highest BCUT2D eigenvalue weighted by atomic mass is 32.2. The second kappa shape index (κ2) is 7.71. The van der Waals surface area contributed by atoms with Crippen LogP contribution in [-0.2, 0) is 16.6 Å². The normalized spacial score (nSPS) is 12.3. The summed E-state index contributed by atoms with van der Waals surface area (Å²) in [5.74, 6) is -0.205. The van der Waals surface area contributed by atoms with Crippen LogP contribution in [0, 0.1) is 5.82 Å². The molecular formula is C14H23FN2O2S. The molecule has 0 fully saturated rings. The van der Waals surface area contributed by atoms with E-state index in [9.17, 15) is 12.8 Å². The van der Waals surface area contributed by atoms with Crippen LogP contribution in [0.5, 0.6) is 0 Å². The fraction of sp³-hybridized carbons (Fsp3) is 0.571. The van der Waals surface area contributed by atoms with E-state index in [1.807, 2.05) is 13.8 Å². The number of nitrogens with one attached hydrogen (secondary N) is 1. The lowest BCUT2D eigenvalue weighted by Gasteiger charge is -2.17. The quantitative estimate of drug-likeness (QED) is 0.747. The van der Waals surface area contributed by atoms with Crippen LogP contribution in [0.25, 0.3) is 0 Å². The summed E-state index contributed by atoms with van der Waals surface area (Å²) >= 11 is 0. The fourth-order valence-corrected chi connectivity index (χ4v) is 2.91. The van der Waals surface area contributed by atoms with Gasteiger partial charge in [0.15, 0.2) is 0 Å². The first-order chi connectivity index (χ1) is 9.31. The van der Waals surface area contributed by atoms with Crippen molar-refractivity contribution in [2.75, 3.05) is 19.3 Å². The van der Waals surface area contributed by atoms with E-state index in [0.29, 0.717) is 19.0 Å². The molecule has 20 heavy (non-hydrogen) atoms. The summed E-state index contributed by atoms with van der Waals surface area (Å²) in [6.07, 6.45) is 0.578. The largest absolute Gasteiger partial charge is 0.314 e. The molecule has 1 aromatic carbocycles. The molecule has 0 aromatic heterocycles. The number of nitrogens with zero attached hydrogens (tertiary/aromatic N) is 1. The minimum atomic E-state index is -3.27. The van der Waals surface area contributed by atoms with Crippen molar-refractivity contribution in [1.29, 1.82) is 0 Å². The van der Waals surface area contributed by atoms with Gasteiger partial charge in [-0.15, -0.1) is 0 Å². The Bertz CT molecular complexity index is 500. The molecule has 1 rings (SSSR count). The van der Waals surface area contributed by atoms with Gasteiger partial charge in [0.1, 0.15) is 5.82 Å². The van der Waals surface area contributed by atoms with E-state index in [2.05, 4.69) is 5.32 Å². The minimum Gasteiger partial charge on any atom is -0.314 e. The Morgan fingerprint density at radius 1 is 1.25 bits per heavy atom. The van der Waals surface area contributed by atoms with Gasteiger partial charge in [-0.1, -0.05) is 26.0 Å². The maximum atomic E-state index is 12.8. The van der Waals surface area contributed by atoms with Crippen molar-refractivity contribution in [1.82, 2.24) is 9.62 Å². The second-order valence-electron chi connectivity index (χ2n) is 5.16. The topological polar surface area (TPSA) is 49.4 Å². The number of benzene rings is 1. The molecular weight excluding hydrogens is 279 g/mol. The maximum absolute atomic E-state index is 12.8. The van der Waals surface area contributed by atoms with Crippen molar-refractivity contribution < 1.29 is 12.8 Å². The Morgan fingerprint density at radius 2 is 1.85 bits per heavy atom. The van der Waals surface area contributed by atoms with Crippen LogP contribution < -0.4 is 5.32 Å². The molecule has 0 atom stereocenters. The maximum Gasteiger partial charge on any atom is 0.214 e. The zero-order valence-corrected chi connectivity index (χ0v) is 13.1. The molecule has 1 N–H and O–H groups in total. The first-order valence-corrected chi connectivity index (χ1v) is 8.34. The highest BCUT2D eigenvalue weighted by Gasteiger charge is 2.17. The smallest absolute Gasteiger partial charge is 0.214 e. The highest BCUT2D eigenvalue weighted by Crippen LogP contribution is 2.09. The summed E-state index contributed by atoms with van der Waals surface area (Å²) < 4.78 is 38.2. The molecule has 6 heteroatoms. The van der Waals surface area contributed by atoms with E-state index >= 15 is 0 Å². The molecule has 0 heterocycles. The monoisotopic (exact) mass is 302 g/mol. The lowest BCUT2D eigenvalue weighted by Crippen LogP contribution is -2.31. The van der Waals surface area contributed by atoms with Crippen LogP contribution in [0.15, 0.2) is 24.3 Å². The van der Waals surface area contributed by atoms with Crippen LogP contribution in [0.2, 0.25) is 0 Å². The van der Waals surface area contributed by atoms with Crippen LogP contribution in [0.4, 0.5) is 4.39 Å². The van der Waals surface area contributed by atoms with Gasteiger partial charge in [-0.2, -0.15) is 0 Å². The molecule has 0 aliphatic carbocycles. The van der Waals surface area contributed by atoms with Crippen LogP contribution in [0.1, 0.15) is 25.8 Å². The molecule has 4 nitrogen and oxygen atoms in total. The highest BCUT2D eigenvalue weighted by molar-refractivity contribution is 7.89. The SMILES string of the molecule is CC(C)NCCCS(=O)(=O)N(C)Cc1ccc(F)cc1. The molecule has 0 aliphatic rings. The Morgan fingerprint density at radius 3 is 2.40 bits per heavy atom. The Hall–Kier alpha value is -0.980. The van der Waals surface area contributed by atoms with Gasteiger partial charge in [-0.3, -0.25) is 0 Å². The number of halogens is 1. The van der Waals surface area contributed by atoms with Crippen molar-refractivity contribution in [2.45, 2.75) is 32.9 Å². The van der Waals surface area contributed by atoms with E-state index in [0.717, 1.165) is 5.56 Å². The van der Waals surface area contributed by atoms with Gasteiger partial charge in [-0.25, -0.2) is 17.1 Å². The molecule has 0 radical (unpaired) electrons. The van der Waals surface area contributed by atoms with Crippen molar-refractivity contribution in [3.8, 4) is 0 Å². The van der Waals surface area contributed by atoms with Gasteiger partial charge in [-0.05, 0) is 30.7 Å². The van der Waals surface area contributed by atoms with Crippen molar-refractivity contribution in [2.24, 2.45) is 0 Å². The van der Waals surface area contributed by atoms with Gasteiger partial charge >= 0.3 is 0 Å². The standard InChI is InChI=1S/C14H23FN2O2S/c1-12(2)16-9-4-10-20(18,19)17(3)11-13-5-7-14(15)8-6-13/h5-8,12,16H,4,9-11H2,1-3H3. The predicted octanol–water partition coefficient (Wildman–Crippen LogP) is 1.98. The molecule has 0 aliphatic heterocycles. The lowest BCUT2D eigenvalue weighted by molar-refractivity contribution is 0.463. The van der Waals surface area contributed by atoms with E-state index in [-0.39, 0.29) is 18.1 Å². The fourth-order valence-electron chi connectivity index (χ4n) is 1.75. The number of sulfonamides is 1. The molecule has 0 unspecified atom stereocenters. The molecule has 1 aromatic rings. The Labute approximate surface area is 121 Å². The molecule has 0 saturated heterocycles. The number of hydrogen-bond donors (Lipinski definition) is 1. The predicted molar refractivity (Wildman–Crippen MR) is 79.4 cm³/mol. The van der Waals surface area contributed by atoms with Gasteiger partial charge in [0, 0.05) is 19.6 Å². The molecule has 114 valence electrons. The first-order valence-electron chi connectivity index (χ1n) is 6.73. The zero-order valence-electron chi connectivity index (χ0n) is 12.3. The Balaban J connectivity index is 2.48. The third kappa shape index (κ3) is 5.98. The average Bonchev–Trinajstić information content (AvgIpc) is 2.37. The van der Waals surface area contributed by atoms with Crippen LogP contribution in [-0.4, -0.2) is 38.1 Å². The number of hydrogen-bond acceptors (Lipinski definition) is 3. The van der Waals surface area contributed by atoms with Crippen LogP contribution >= 0.6 is 0 Å². The van der Waals surface area contributed by atoms with Crippen LogP contribution in [0.3, 0.4) is 0 Å². The van der Waals surface area contributed by atoms with E-state index in [1.54, 1.807) is 19.2 Å². The average molecular weight is 302 g/mol. The van der Waals surface area contributed by atoms with Gasteiger partial charge < -0.3 is 5.32 Å². The first kappa shape index (κ1) is 17.1. The minimum absolute atomic E-state index is 0.115. The van der Waals surface area contributed by atoms with E-state index in [1.165, 1.54) is 16.4 Å². The summed E-state index contributed by atoms with van der Waals surface area (Å²) in [4.78, 5) is 0. The summed E-state index contributed by atoms with van der Waals surface area (Å²) in [5.41, 5.74) is 0.776. The van der Waals surface area contributed by atoms with Crippen molar-refractivity contribution >= 4 is 10.0 Å². The summed E-state index contributed by atoms with van der Waals surface area (Å²) in [7, 11) is -1.72. The van der Waals surface area contributed by atoms with E-state index in [4.69, 9.17) is 0 Å². The van der Waals surface area contributed by atoms with Crippen molar-refractivity contribution in [3.63, 3.8) is 0 Å². The summed E-state index contributed by atoms with van der Waals surface area (Å²) in [6.45, 7) is 4.99. The van der Waals surface area contributed by atoms with E-state index < -0.39 is 10.0 Å². The Kier molecular flexibility index (Phi) is 6.58. The summed E-state index contributed by atoms with van der Waals surface area (Å²) in [6, 6.07) is 6.23. The molecule has 0 spiro atoms. The van der Waals surface area contributed by atoms with Gasteiger partial charge in [0.25, 0.3) is 0 Å².